The van der Waals surface area contributed by atoms with Crippen LogP contribution in [0.1, 0.15) is 51.4 Å². The van der Waals surface area contributed by atoms with Gasteiger partial charge in [-0.05, 0) is 51.9 Å². The maximum absolute atomic E-state index is 5.43. The molecule has 8 N–H and O–H groups in total. The second kappa shape index (κ2) is 22.8. The van der Waals surface area contributed by atoms with Gasteiger partial charge in [0.1, 0.15) is 0 Å². The van der Waals surface area contributed by atoms with Crippen LogP contribution in [0.3, 0.4) is 0 Å². The third kappa shape index (κ3) is 21.8. The first kappa shape index (κ1) is 23.8. The summed E-state index contributed by atoms with van der Waals surface area (Å²) in [5.74, 6) is 0. The molecule has 0 atom stereocenters. The fourth-order valence-electron chi connectivity index (χ4n) is 2.59. The van der Waals surface area contributed by atoms with Gasteiger partial charge in [-0.25, -0.2) is 0 Å². The van der Waals surface area contributed by atoms with Crippen molar-refractivity contribution in [1.82, 2.24) is 21.3 Å². The zero-order chi connectivity index (χ0) is 17.6. The first-order valence-corrected chi connectivity index (χ1v) is 10.1. The lowest BCUT2D eigenvalue weighted by molar-refractivity contribution is 0.539. The number of rotatable bonds is 21. The number of nitrogens with one attached hydrogen (secondary N) is 4. The van der Waals surface area contributed by atoms with Gasteiger partial charge in [0.25, 0.3) is 0 Å². The molecule has 6 heteroatoms. The maximum Gasteiger partial charge on any atom is 0.00767 e. The van der Waals surface area contributed by atoms with E-state index in [1.807, 2.05) is 0 Å². The maximum atomic E-state index is 5.43. The highest BCUT2D eigenvalue weighted by Crippen LogP contribution is 1.98. The van der Waals surface area contributed by atoms with Crippen molar-refractivity contribution in [2.24, 2.45) is 11.5 Å². The van der Waals surface area contributed by atoms with Gasteiger partial charge in [-0.1, -0.05) is 25.7 Å². The summed E-state index contributed by atoms with van der Waals surface area (Å²) in [6, 6.07) is 0. The van der Waals surface area contributed by atoms with E-state index in [2.05, 4.69) is 21.3 Å². The highest BCUT2D eigenvalue weighted by molar-refractivity contribution is 4.55. The van der Waals surface area contributed by atoms with Crippen LogP contribution in [-0.2, 0) is 0 Å². The van der Waals surface area contributed by atoms with E-state index in [0.717, 1.165) is 65.4 Å². The summed E-state index contributed by atoms with van der Waals surface area (Å²) in [5.41, 5.74) is 10.9. The van der Waals surface area contributed by atoms with Crippen molar-refractivity contribution in [3.8, 4) is 0 Å². The molecule has 6 nitrogen and oxygen atoms in total. The molecule has 0 aromatic rings. The first-order chi connectivity index (χ1) is 11.9. The van der Waals surface area contributed by atoms with Crippen molar-refractivity contribution >= 4 is 0 Å². The molecule has 0 unspecified atom stereocenters. The molecule has 0 aromatic carbocycles. The van der Waals surface area contributed by atoms with Gasteiger partial charge >= 0.3 is 0 Å². The Hall–Kier alpha value is -0.240. The van der Waals surface area contributed by atoms with Crippen molar-refractivity contribution in [2.45, 2.75) is 51.4 Å². The zero-order valence-electron chi connectivity index (χ0n) is 15.9. The first-order valence-electron chi connectivity index (χ1n) is 10.1. The van der Waals surface area contributed by atoms with Crippen molar-refractivity contribution < 1.29 is 0 Å². The van der Waals surface area contributed by atoms with Gasteiger partial charge in [-0.15, -0.1) is 0 Å². The lowest BCUT2D eigenvalue weighted by atomic mass is 10.2. The van der Waals surface area contributed by atoms with Crippen LogP contribution in [0.5, 0.6) is 0 Å². The minimum atomic E-state index is 0.741. The molecule has 0 aliphatic rings. The molecule has 0 saturated carbocycles. The lowest BCUT2D eigenvalue weighted by Gasteiger charge is -2.07. The molecule has 0 saturated heterocycles. The molecule has 146 valence electrons. The zero-order valence-corrected chi connectivity index (χ0v) is 15.9. The molecule has 0 amide bonds. The van der Waals surface area contributed by atoms with E-state index in [0.29, 0.717) is 0 Å². The Balaban J connectivity index is 2.93. The molecule has 0 heterocycles. The van der Waals surface area contributed by atoms with E-state index in [4.69, 9.17) is 11.5 Å². The predicted molar refractivity (Wildman–Crippen MR) is 107 cm³/mol. The van der Waals surface area contributed by atoms with E-state index in [-0.39, 0.29) is 0 Å². The number of hydrogen-bond donors (Lipinski definition) is 6. The van der Waals surface area contributed by atoms with Crippen molar-refractivity contribution in [3.05, 3.63) is 0 Å². The number of hydrogen-bond acceptors (Lipinski definition) is 6. The van der Waals surface area contributed by atoms with Gasteiger partial charge in [0.2, 0.25) is 0 Å². The molecular weight excluding hydrogens is 300 g/mol. The summed E-state index contributed by atoms with van der Waals surface area (Å²) in [6.45, 7) is 10.1. The minimum Gasteiger partial charge on any atom is -0.329 e. The molecular formula is C18H44N6. The fourth-order valence-corrected chi connectivity index (χ4v) is 2.59. The van der Waals surface area contributed by atoms with Crippen LogP contribution in [0.15, 0.2) is 0 Å². The third-order valence-electron chi connectivity index (χ3n) is 4.03. The van der Waals surface area contributed by atoms with Gasteiger partial charge in [0.15, 0.2) is 0 Å². The van der Waals surface area contributed by atoms with E-state index in [1.165, 1.54) is 51.4 Å². The molecule has 0 rings (SSSR count). The van der Waals surface area contributed by atoms with E-state index in [1.54, 1.807) is 0 Å². The summed E-state index contributed by atoms with van der Waals surface area (Å²) < 4.78 is 0. The standard InChI is InChI=1S/C18H44N6/c19-9-15-21-11-5-1-3-7-13-23-17-18-24-14-8-4-2-6-12-22-16-10-20/h21-24H,1-20H2. The second-order valence-corrected chi connectivity index (χ2v) is 6.41. The van der Waals surface area contributed by atoms with Gasteiger partial charge in [-0.2, -0.15) is 0 Å². The van der Waals surface area contributed by atoms with Crippen LogP contribution in [0.4, 0.5) is 0 Å². The molecule has 0 fully saturated rings. The topological polar surface area (TPSA) is 100 Å². The van der Waals surface area contributed by atoms with Gasteiger partial charge < -0.3 is 32.7 Å². The normalized spacial score (nSPS) is 11.2. The van der Waals surface area contributed by atoms with Crippen molar-refractivity contribution in [3.63, 3.8) is 0 Å². The van der Waals surface area contributed by atoms with Crippen molar-refractivity contribution in [2.75, 3.05) is 65.4 Å². The summed E-state index contributed by atoms with van der Waals surface area (Å²) >= 11 is 0. The highest BCUT2D eigenvalue weighted by Gasteiger charge is 1.93. The average molecular weight is 345 g/mol. The van der Waals surface area contributed by atoms with Gasteiger partial charge in [-0.3, -0.25) is 0 Å². The smallest absolute Gasteiger partial charge is 0.00767 e. The quantitative estimate of drug-likeness (QED) is 0.168. The third-order valence-corrected chi connectivity index (χ3v) is 4.03. The summed E-state index contributed by atoms with van der Waals surface area (Å²) in [4.78, 5) is 0. The summed E-state index contributed by atoms with van der Waals surface area (Å²) in [7, 11) is 0. The largest absolute Gasteiger partial charge is 0.329 e. The molecule has 0 bridgehead atoms. The van der Waals surface area contributed by atoms with Crippen LogP contribution in [0, 0.1) is 0 Å². The lowest BCUT2D eigenvalue weighted by Crippen LogP contribution is -2.28. The Kier molecular flexibility index (Phi) is 22.5. The van der Waals surface area contributed by atoms with Crippen molar-refractivity contribution in [1.29, 1.82) is 0 Å². The molecule has 24 heavy (non-hydrogen) atoms. The van der Waals surface area contributed by atoms with E-state index >= 15 is 0 Å². The Morgan fingerprint density at radius 2 is 0.625 bits per heavy atom. The van der Waals surface area contributed by atoms with E-state index in [9.17, 15) is 0 Å². The second-order valence-electron chi connectivity index (χ2n) is 6.41. The monoisotopic (exact) mass is 344 g/mol. The molecule has 0 aliphatic carbocycles. The fraction of sp³-hybridized carbons (Fsp3) is 1.00. The van der Waals surface area contributed by atoms with E-state index < -0.39 is 0 Å². The van der Waals surface area contributed by atoms with Crippen LogP contribution < -0.4 is 32.7 Å². The predicted octanol–water partition coefficient (Wildman–Crippen LogP) is 0.383. The SMILES string of the molecule is NCCNCCCCCCNCCNCCCCCCNCCN. The minimum absolute atomic E-state index is 0.741. The Bertz CT molecular complexity index is 194. The number of unbranched alkanes of at least 4 members (excludes halogenated alkanes) is 6. The van der Waals surface area contributed by atoms with Gasteiger partial charge in [0, 0.05) is 39.3 Å². The molecule has 0 aliphatic heterocycles. The highest BCUT2D eigenvalue weighted by atomic mass is 14.9. The average Bonchev–Trinajstić information content (AvgIpc) is 2.60. The van der Waals surface area contributed by atoms with Crippen LogP contribution in [-0.4, -0.2) is 65.4 Å². The van der Waals surface area contributed by atoms with Crippen LogP contribution in [0.25, 0.3) is 0 Å². The number of nitrogens with two attached hydrogens (primary N) is 2. The summed E-state index contributed by atoms with van der Waals surface area (Å²) in [5, 5.41) is 13.7. The molecule has 0 radical (unpaired) electrons. The molecule has 0 spiro atoms. The van der Waals surface area contributed by atoms with Crippen LogP contribution >= 0.6 is 0 Å². The van der Waals surface area contributed by atoms with Crippen LogP contribution in [0.2, 0.25) is 0 Å². The Morgan fingerprint density at radius 1 is 0.333 bits per heavy atom. The Morgan fingerprint density at radius 3 is 0.917 bits per heavy atom. The molecule has 0 aromatic heterocycles. The van der Waals surface area contributed by atoms with Gasteiger partial charge in [0.05, 0.1) is 0 Å². The Labute approximate surface area is 150 Å². The summed E-state index contributed by atoms with van der Waals surface area (Å²) in [6.07, 6.45) is 10.4.